The van der Waals surface area contributed by atoms with Crippen molar-refractivity contribution in [2.75, 3.05) is 13.2 Å². The molecular formula is C11H21NO. The Labute approximate surface area is 81.0 Å². The van der Waals surface area contributed by atoms with Gasteiger partial charge < -0.3 is 10.1 Å². The van der Waals surface area contributed by atoms with E-state index in [9.17, 15) is 0 Å². The standard InChI is InChI=1S/C11H21NO/c1-3-11(5-6-11)8-12-10-4-7-13-9(10)2/h9-10,12H,3-8H2,1-2H3. The van der Waals surface area contributed by atoms with Gasteiger partial charge in [0.1, 0.15) is 0 Å². The van der Waals surface area contributed by atoms with Crippen LogP contribution in [0.1, 0.15) is 39.5 Å². The first-order valence-corrected chi connectivity index (χ1v) is 5.61. The highest BCUT2D eigenvalue weighted by Gasteiger charge is 2.41. The fraction of sp³-hybridized carbons (Fsp3) is 1.00. The number of rotatable bonds is 4. The van der Waals surface area contributed by atoms with E-state index in [1.165, 1.54) is 32.2 Å². The van der Waals surface area contributed by atoms with Crippen LogP contribution in [0.4, 0.5) is 0 Å². The van der Waals surface area contributed by atoms with Gasteiger partial charge in [-0.15, -0.1) is 0 Å². The molecule has 2 nitrogen and oxygen atoms in total. The molecule has 1 saturated carbocycles. The smallest absolute Gasteiger partial charge is 0.0700 e. The van der Waals surface area contributed by atoms with E-state index < -0.39 is 0 Å². The fourth-order valence-electron chi connectivity index (χ4n) is 2.18. The van der Waals surface area contributed by atoms with Gasteiger partial charge in [0, 0.05) is 19.2 Å². The van der Waals surface area contributed by atoms with Gasteiger partial charge in [-0.1, -0.05) is 6.92 Å². The lowest BCUT2D eigenvalue weighted by Gasteiger charge is -2.20. The molecule has 2 atom stereocenters. The van der Waals surface area contributed by atoms with Gasteiger partial charge >= 0.3 is 0 Å². The summed E-state index contributed by atoms with van der Waals surface area (Å²) in [5, 5.41) is 3.66. The third-order valence-corrected chi connectivity index (χ3v) is 3.82. The van der Waals surface area contributed by atoms with Crippen LogP contribution in [0.3, 0.4) is 0 Å². The van der Waals surface area contributed by atoms with Crippen LogP contribution in [0.5, 0.6) is 0 Å². The van der Waals surface area contributed by atoms with E-state index >= 15 is 0 Å². The Morgan fingerprint density at radius 1 is 1.46 bits per heavy atom. The zero-order chi connectivity index (χ0) is 9.31. The summed E-state index contributed by atoms with van der Waals surface area (Å²) in [6.07, 6.45) is 5.81. The monoisotopic (exact) mass is 183 g/mol. The molecule has 1 N–H and O–H groups in total. The zero-order valence-corrected chi connectivity index (χ0v) is 8.81. The average Bonchev–Trinajstić information content (AvgIpc) is 2.82. The van der Waals surface area contributed by atoms with Gasteiger partial charge in [0.15, 0.2) is 0 Å². The van der Waals surface area contributed by atoms with Crippen molar-refractivity contribution in [1.29, 1.82) is 0 Å². The molecule has 0 aromatic heterocycles. The summed E-state index contributed by atoms with van der Waals surface area (Å²) < 4.78 is 5.52. The van der Waals surface area contributed by atoms with E-state index in [-0.39, 0.29) is 0 Å². The third-order valence-electron chi connectivity index (χ3n) is 3.82. The number of nitrogens with one attached hydrogen (secondary N) is 1. The summed E-state index contributed by atoms with van der Waals surface area (Å²) in [5.41, 5.74) is 0.669. The molecule has 1 saturated heterocycles. The summed E-state index contributed by atoms with van der Waals surface area (Å²) in [4.78, 5) is 0. The molecule has 76 valence electrons. The second kappa shape index (κ2) is 3.58. The third kappa shape index (κ3) is 2.05. The van der Waals surface area contributed by atoms with Crippen LogP contribution in [0, 0.1) is 5.41 Å². The Kier molecular flexibility index (Phi) is 2.61. The van der Waals surface area contributed by atoms with Crippen LogP contribution in [-0.4, -0.2) is 25.3 Å². The molecule has 2 aliphatic rings. The molecule has 2 unspecified atom stereocenters. The minimum atomic E-state index is 0.424. The lowest BCUT2D eigenvalue weighted by atomic mass is 10.0. The van der Waals surface area contributed by atoms with E-state index in [1.54, 1.807) is 0 Å². The quantitative estimate of drug-likeness (QED) is 0.719. The lowest BCUT2D eigenvalue weighted by molar-refractivity contribution is 0.112. The zero-order valence-electron chi connectivity index (χ0n) is 8.81. The van der Waals surface area contributed by atoms with E-state index in [2.05, 4.69) is 19.2 Å². The van der Waals surface area contributed by atoms with Crippen molar-refractivity contribution in [3.8, 4) is 0 Å². The second-order valence-electron chi connectivity index (χ2n) is 4.71. The normalized spacial score (nSPS) is 36.5. The van der Waals surface area contributed by atoms with Crippen molar-refractivity contribution in [3.63, 3.8) is 0 Å². The highest BCUT2D eigenvalue weighted by atomic mass is 16.5. The Morgan fingerprint density at radius 2 is 2.23 bits per heavy atom. The molecule has 0 amide bonds. The second-order valence-corrected chi connectivity index (χ2v) is 4.71. The molecule has 0 spiro atoms. The molecule has 13 heavy (non-hydrogen) atoms. The van der Waals surface area contributed by atoms with Crippen LogP contribution >= 0.6 is 0 Å². The van der Waals surface area contributed by atoms with Gasteiger partial charge in [-0.05, 0) is 38.0 Å². The molecule has 2 fully saturated rings. The largest absolute Gasteiger partial charge is 0.377 e. The summed E-state index contributed by atoms with van der Waals surface area (Å²) in [7, 11) is 0. The first-order valence-electron chi connectivity index (χ1n) is 5.61. The maximum absolute atomic E-state index is 5.52. The molecule has 1 aliphatic heterocycles. The number of hydrogen-bond acceptors (Lipinski definition) is 2. The lowest BCUT2D eigenvalue weighted by Crippen LogP contribution is -2.38. The average molecular weight is 183 g/mol. The SMILES string of the molecule is CCC1(CNC2CCOC2C)CC1. The first kappa shape index (κ1) is 9.47. The molecule has 1 aliphatic carbocycles. The first-order chi connectivity index (χ1) is 6.26. The van der Waals surface area contributed by atoms with E-state index in [4.69, 9.17) is 4.74 Å². The summed E-state index contributed by atoms with van der Waals surface area (Å²) in [6, 6.07) is 0.615. The van der Waals surface area contributed by atoms with Gasteiger partial charge in [0.2, 0.25) is 0 Å². The van der Waals surface area contributed by atoms with Gasteiger partial charge in [-0.2, -0.15) is 0 Å². The topological polar surface area (TPSA) is 21.3 Å². The molecule has 1 heterocycles. The molecule has 2 rings (SSSR count). The van der Waals surface area contributed by atoms with Crippen molar-refractivity contribution in [2.45, 2.75) is 51.7 Å². The molecular weight excluding hydrogens is 162 g/mol. The van der Waals surface area contributed by atoms with Crippen molar-refractivity contribution >= 4 is 0 Å². The molecule has 0 aromatic carbocycles. The van der Waals surface area contributed by atoms with Crippen LogP contribution in [0.15, 0.2) is 0 Å². The van der Waals surface area contributed by atoms with Gasteiger partial charge in [-0.25, -0.2) is 0 Å². The van der Waals surface area contributed by atoms with Crippen molar-refractivity contribution in [3.05, 3.63) is 0 Å². The molecule has 0 radical (unpaired) electrons. The Morgan fingerprint density at radius 3 is 2.69 bits per heavy atom. The summed E-state index contributed by atoms with van der Waals surface area (Å²) >= 11 is 0. The highest BCUT2D eigenvalue weighted by Crippen LogP contribution is 2.48. The number of hydrogen-bond donors (Lipinski definition) is 1. The van der Waals surface area contributed by atoms with E-state index in [1.807, 2.05) is 0 Å². The number of ether oxygens (including phenoxy) is 1. The van der Waals surface area contributed by atoms with Gasteiger partial charge in [0.05, 0.1) is 6.10 Å². The Hall–Kier alpha value is -0.0800. The fourth-order valence-corrected chi connectivity index (χ4v) is 2.18. The summed E-state index contributed by atoms with van der Waals surface area (Å²) in [5.74, 6) is 0. The van der Waals surface area contributed by atoms with Gasteiger partial charge in [0.25, 0.3) is 0 Å². The van der Waals surface area contributed by atoms with Crippen LogP contribution < -0.4 is 5.32 Å². The summed E-state index contributed by atoms with van der Waals surface area (Å²) in [6.45, 7) is 6.64. The van der Waals surface area contributed by atoms with Crippen LogP contribution in [-0.2, 0) is 4.74 Å². The van der Waals surface area contributed by atoms with Crippen molar-refractivity contribution < 1.29 is 4.74 Å². The minimum Gasteiger partial charge on any atom is -0.377 e. The molecule has 2 heteroatoms. The highest BCUT2D eigenvalue weighted by molar-refractivity contribution is 4.95. The van der Waals surface area contributed by atoms with Crippen LogP contribution in [0.25, 0.3) is 0 Å². The van der Waals surface area contributed by atoms with Crippen molar-refractivity contribution in [2.24, 2.45) is 5.41 Å². The Balaban J connectivity index is 1.73. The molecule has 0 bridgehead atoms. The predicted octanol–water partition coefficient (Wildman–Crippen LogP) is 1.94. The maximum atomic E-state index is 5.52. The molecule has 0 aromatic rings. The van der Waals surface area contributed by atoms with Crippen molar-refractivity contribution in [1.82, 2.24) is 5.32 Å². The van der Waals surface area contributed by atoms with E-state index in [0.717, 1.165) is 6.61 Å². The Bertz CT molecular complexity index is 177. The minimum absolute atomic E-state index is 0.424. The van der Waals surface area contributed by atoms with E-state index in [0.29, 0.717) is 17.6 Å². The predicted molar refractivity (Wildman–Crippen MR) is 53.8 cm³/mol. The van der Waals surface area contributed by atoms with Crippen LogP contribution in [0.2, 0.25) is 0 Å². The maximum Gasteiger partial charge on any atom is 0.0700 e. The van der Waals surface area contributed by atoms with Gasteiger partial charge in [-0.3, -0.25) is 0 Å².